The van der Waals surface area contributed by atoms with Crippen LogP contribution in [-0.4, -0.2) is 13.7 Å². The van der Waals surface area contributed by atoms with Gasteiger partial charge in [0, 0.05) is 49.4 Å². The van der Waals surface area contributed by atoms with E-state index in [0.29, 0.717) is 0 Å². The van der Waals surface area contributed by atoms with E-state index in [4.69, 9.17) is 0 Å². The van der Waals surface area contributed by atoms with E-state index >= 15 is 0 Å². The number of aromatic nitrogens is 3. The number of fused-ring (bicyclic) bond motifs is 9. The van der Waals surface area contributed by atoms with Gasteiger partial charge in [0.05, 0.1) is 33.1 Å². The highest BCUT2D eigenvalue weighted by atomic mass is 15.0. The second-order valence-corrected chi connectivity index (χ2v) is 26.0. The van der Waals surface area contributed by atoms with E-state index in [1.165, 1.54) is 171 Å². The molecule has 18 aromatic rings. The highest BCUT2D eigenvalue weighted by Crippen LogP contribution is 2.43. The summed E-state index contributed by atoms with van der Waals surface area (Å²) >= 11 is 0. The molecule has 0 radical (unpaired) electrons. The van der Waals surface area contributed by atoms with Crippen molar-refractivity contribution < 1.29 is 0 Å². The van der Waals surface area contributed by atoms with Gasteiger partial charge in [0.25, 0.3) is 0 Å². The smallest absolute Gasteiger partial charge is 0.0541 e. The number of benzene rings is 15. The number of hydrogen-bond donors (Lipinski definition) is 0. The first-order chi connectivity index (χ1) is 47.3. The molecule has 0 spiro atoms. The van der Waals surface area contributed by atoms with Gasteiger partial charge in [-0.05, 0) is 225 Å². The maximum absolute atomic E-state index is 2.44. The van der Waals surface area contributed by atoms with E-state index in [1.807, 2.05) is 0 Å². The Morgan fingerprint density at radius 3 is 0.656 bits per heavy atom. The molecular formula is C93H65N3. The third-order valence-electron chi connectivity index (χ3n) is 19.8. The number of hydrogen-bond acceptors (Lipinski definition) is 0. The van der Waals surface area contributed by atoms with Crippen molar-refractivity contribution >= 4 is 65.4 Å². The molecule has 452 valence electrons. The Hall–Kier alpha value is -12.3. The highest BCUT2D eigenvalue weighted by Gasteiger charge is 2.20. The van der Waals surface area contributed by atoms with Crippen molar-refractivity contribution in [1.82, 2.24) is 13.7 Å². The Bertz CT molecular complexity index is 6060. The van der Waals surface area contributed by atoms with Crippen LogP contribution in [-0.2, 0) is 0 Å². The summed E-state index contributed by atoms with van der Waals surface area (Å²) in [6.45, 7) is 6.50. The predicted molar refractivity (Wildman–Crippen MR) is 407 cm³/mol. The maximum atomic E-state index is 2.44. The lowest BCUT2D eigenvalue weighted by Gasteiger charge is -2.12. The molecule has 0 aliphatic carbocycles. The van der Waals surface area contributed by atoms with Gasteiger partial charge in [-0.3, -0.25) is 0 Å². The molecule has 0 saturated carbocycles. The van der Waals surface area contributed by atoms with E-state index in [1.54, 1.807) is 0 Å². The molecule has 0 N–H and O–H groups in total. The number of nitrogens with zero attached hydrogens (tertiary/aromatic N) is 3. The van der Waals surface area contributed by atoms with Gasteiger partial charge >= 0.3 is 0 Å². The minimum atomic E-state index is 1.12. The van der Waals surface area contributed by atoms with Crippen molar-refractivity contribution in [2.24, 2.45) is 0 Å². The lowest BCUT2D eigenvalue weighted by atomic mass is 9.97. The van der Waals surface area contributed by atoms with E-state index in [2.05, 4.69) is 374 Å². The first-order valence-corrected chi connectivity index (χ1v) is 33.3. The zero-order valence-corrected chi connectivity index (χ0v) is 53.7. The fourth-order valence-corrected chi connectivity index (χ4v) is 15.0. The zero-order valence-electron chi connectivity index (χ0n) is 53.7. The Labute approximate surface area is 559 Å². The van der Waals surface area contributed by atoms with Gasteiger partial charge in [0.15, 0.2) is 0 Å². The van der Waals surface area contributed by atoms with Crippen LogP contribution in [0.5, 0.6) is 0 Å². The number of rotatable bonds is 11. The standard InChI is InChI=1S/C93H65N3/c1-60-14-10-19-68(50-60)75-36-46-89-84(56-75)83-55-74(35-45-88(83)94(89)79-24-8-5-9-25-79)66-28-26-64(27-29-66)65-30-40-80(41-31-65)95-92-48-38-77(70-21-12-16-62(3)52-70)58-86(92)87-59-78(39-49-93(87)95)72-23-13-22-71(53-72)67-32-42-81(43-33-67)96-90-44-34-73(63-17-6-4-7-18-63)54-82(90)85-57-76(37-47-91(85)96)69-20-11-15-61(2)51-69/h4-59H,1-3H3. The molecule has 3 heteroatoms. The lowest BCUT2D eigenvalue weighted by Crippen LogP contribution is -1.94. The largest absolute Gasteiger partial charge is 0.309 e. The Morgan fingerprint density at radius 1 is 0.146 bits per heavy atom. The molecular weight excluding hydrogens is 1160 g/mol. The molecule has 0 amide bonds. The van der Waals surface area contributed by atoms with E-state index < -0.39 is 0 Å². The molecule has 3 nitrogen and oxygen atoms in total. The van der Waals surface area contributed by atoms with Crippen molar-refractivity contribution in [3.8, 4) is 106 Å². The topological polar surface area (TPSA) is 14.8 Å². The molecule has 3 aromatic heterocycles. The fourth-order valence-electron chi connectivity index (χ4n) is 15.0. The lowest BCUT2D eigenvalue weighted by molar-refractivity contribution is 1.18. The average Bonchev–Trinajstić information content (AvgIpc) is 1.60. The number of aryl methyl sites for hydroxylation is 3. The summed E-state index contributed by atoms with van der Waals surface area (Å²) in [7, 11) is 0. The maximum Gasteiger partial charge on any atom is 0.0541 e. The van der Waals surface area contributed by atoms with E-state index in [-0.39, 0.29) is 0 Å². The summed E-state index contributed by atoms with van der Waals surface area (Å²) < 4.78 is 7.27. The van der Waals surface area contributed by atoms with Crippen LogP contribution in [0.4, 0.5) is 0 Å². The fraction of sp³-hybridized carbons (Fsp3) is 0.0323. The minimum absolute atomic E-state index is 1.12. The third-order valence-corrected chi connectivity index (χ3v) is 19.8. The summed E-state index contributed by atoms with van der Waals surface area (Å²) in [5, 5.41) is 7.40. The summed E-state index contributed by atoms with van der Waals surface area (Å²) in [5.74, 6) is 0. The van der Waals surface area contributed by atoms with E-state index in [0.717, 1.165) is 17.1 Å². The molecule has 0 unspecified atom stereocenters. The first-order valence-electron chi connectivity index (χ1n) is 33.3. The van der Waals surface area contributed by atoms with Gasteiger partial charge < -0.3 is 13.7 Å². The van der Waals surface area contributed by atoms with Crippen molar-refractivity contribution in [2.45, 2.75) is 20.8 Å². The molecule has 0 atom stereocenters. The van der Waals surface area contributed by atoms with Gasteiger partial charge in [-0.2, -0.15) is 0 Å². The van der Waals surface area contributed by atoms with Crippen molar-refractivity contribution in [2.75, 3.05) is 0 Å². The summed E-state index contributed by atoms with van der Waals surface area (Å²) in [4.78, 5) is 0. The third kappa shape index (κ3) is 9.91. The van der Waals surface area contributed by atoms with Gasteiger partial charge in [0.1, 0.15) is 0 Å². The Balaban J connectivity index is 0.669. The molecule has 0 saturated heterocycles. The van der Waals surface area contributed by atoms with Crippen LogP contribution in [0.2, 0.25) is 0 Å². The zero-order chi connectivity index (χ0) is 64.0. The summed E-state index contributed by atoms with van der Waals surface area (Å²) in [6.07, 6.45) is 0. The minimum Gasteiger partial charge on any atom is -0.309 e. The van der Waals surface area contributed by atoms with Gasteiger partial charge in [-0.15, -0.1) is 0 Å². The van der Waals surface area contributed by atoms with Crippen LogP contribution in [0.15, 0.2) is 340 Å². The molecule has 0 aliphatic rings. The van der Waals surface area contributed by atoms with Gasteiger partial charge in [0.2, 0.25) is 0 Å². The van der Waals surface area contributed by atoms with Crippen LogP contribution in [0.1, 0.15) is 16.7 Å². The molecule has 0 fully saturated rings. The van der Waals surface area contributed by atoms with Crippen LogP contribution in [0, 0.1) is 20.8 Å². The van der Waals surface area contributed by atoms with Crippen molar-refractivity contribution in [3.63, 3.8) is 0 Å². The Kier molecular flexibility index (Phi) is 13.6. The highest BCUT2D eigenvalue weighted by molar-refractivity contribution is 6.14. The first kappa shape index (κ1) is 56.5. The van der Waals surface area contributed by atoms with Gasteiger partial charge in [-0.1, -0.05) is 241 Å². The monoisotopic (exact) mass is 1220 g/mol. The van der Waals surface area contributed by atoms with Crippen molar-refractivity contribution in [1.29, 1.82) is 0 Å². The van der Waals surface area contributed by atoms with Crippen LogP contribution < -0.4 is 0 Å². The molecule has 3 heterocycles. The van der Waals surface area contributed by atoms with Gasteiger partial charge in [-0.25, -0.2) is 0 Å². The van der Waals surface area contributed by atoms with Crippen molar-refractivity contribution in [3.05, 3.63) is 356 Å². The summed E-state index contributed by atoms with van der Waals surface area (Å²) in [6, 6.07) is 126. The molecule has 0 aliphatic heterocycles. The SMILES string of the molecule is Cc1cccc(-c2ccc3c(c2)c2cc(-c4ccc(-c5ccc(-n6c7ccc(-c8cccc(C)c8)cc7c7cc(-c8cccc(-c9ccc(-n%10c%11ccc(-c%12ccccc%12)cc%11c%11cc(-c%12cccc(C)c%12)ccc%11%10)cc9)c8)ccc76)cc5)cc4)ccc2n3-c2ccccc2)c1. The second kappa shape index (κ2) is 23.1. The molecule has 15 aromatic carbocycles. The molecule has 0 bridgehead atoms. The van der Waals surface area contributed by atoms with Crippen LogP contribution in [0.3, 0.4) is 0 Å². The van der Waals surface area contributed by atoms with E-state index in [9.17, 15) is 0 Å². The Morgan fingerprint density at radius 2 is 0.344 bits per heavy atom. The normalized spacial score (nSPS) is 11.7. The quantitative estimate of drug-likeness (QED) is 0.123. The predicted octanol–water partition coefficient (Wildman–Crippen LogP) is 25.2. The average molecular weight is 1220 g/mol. The second-order valence-electron chi connectivity index (χ2n) is 26.0. The molecule has 96 heavy (non-hydrogen) atoms. The van der Waals surface area contributed by atoms with Crippen LogP contribution in [0.25, 0.3) is 171 Å². The molecule has 18 rings (SSSR count). The van der Waals surface area contributed by atoms with Crippen LogP contribution >= 0.6 is 0 Å². The number of para-hydroxylation sites is 1. The summed E-state index contributed by atoms with van der Waals surface area (Å²) in [5.41, 5.74) is 33.4.